The minimum atomic E-state index is -0.863. The standard InChI is InChI=1S/C16H22FNO3/c1-12(19)14-7-6-13(10-15(14)17)21-11-16(20)18-8-4-2-3-5-9-18/h6-7,10,12,19H,2-5,8-9,11H2,1H3. The van der Waals surface area contributed by atoms with Crippen molar-refractivity contribution in [3.8, 4) is 5.75 Å². The van der Waals surface area contributed by atoms with Gasteiger partial charge in [-0.3, -0.25) is 4.79 Å². The van der Waals surface area contributed by atoms with Gasteiger partial charge in [0.05, 0.1) is 6.10 Å². The Bertz CT molecular complexity index is 482. The molecule has 4 nitrogen and oxygen atoms in total. The van der Waals surface area contributed by atoms with Gasteiger partial charge >= 0.3 is 0 Å². The van der Waals surface area contributed by atoms with Crippen LogP contribution >= 0.6 is 0 Å². The molecule has 1 unspecified atom stereocenters. The Morgan fingerprint density at radius 1 is 1.33 bits per heavy atom. The van der Waals surface area contributed by atoms with Crippen LogP contribution in [0.1, 0.15) is 44.3 Å². The lowest BCUT2D eigenvalue weighted by atomic mass is 10.1. The fourth-order valence-electron chi connectivity index (χ4n) is 2.49. The molecule has 0 saturated carbocycles. The van der Waals surface area contributed by atoms with E-state index in [1.54, 1.807) is 6.07 Å². The maximum atomic E-state index is 13.7. The van der Waals surface area contributed by atoms with E-state index in [1.807, 2.05) is 4.90 Å². The van der Waals surface area contributed by atoms with E-state index >= 15 is 0 Å². The Morgan fingerprint density at radius 2 is 2.00 bits per heavy atom. The van der Waals surface area contributed by atoms with Crippen molar-refractivity contribution < 1.29 is 19.0 Å². The van der Waals surface area contributed by atoms with E-state index in [9.17, 15) is 14.3 Å². The molecule has 1 fully saturated rings. The van der Waals surface area contributed by atoms with Crippen LogP contribution in [-0.2, 0) is 4.79 Å². The lowest BCUT2D eigenvalue weighted by Crippen LogP contribution is -2.35. The van der Waals surface area contributed by atoms with Crippen molar-refractivity contribution in [3.63, 3.8) is 0 Å². The van der Waals surface area contributed by atoms with Gasteiger partial charge in [0.2, 0.25) is 0 Å². The third-order valence-corrected chi connectivity index (χ3v) is 3.74. The number of nitrogens with zero attached hydrogens (tertiary/aromatic N) is 1. The van der Waals surface area contributed by atoms with Crippen LogP contribution in [0.4, 0.5) is 4.39 Å². The number of hydrogen-bond acceptors (Lipinski definition) is 3. The monoisotopic (exact) mass is 295 g/mol. The van der Waals surface area contributed by atoms with Gasteiger partial charge in [0.15, 0.2) is 6.61 Å². The zero-order valence-corrected chi connectivity index (χ0v) is 12.3. The molecular formula is C16H22FNO3. The number of likely N-dealkylation sites (tertiary alicyclic amines) is 1. The summed E-state index contributed by atoms with van der Waals surface area (Å²) in [5.74, 6) is -0.276. The van der Waals surface area contributed by atoms with Crippen molar-refractivity contribution in [2.75, 3.05) is 19.7 Å². The molecule has 116 valence electrons. The first-order chi connectivity index (χ1) is 10.1. The molecule has 1 saturated heterocycles. The summed E-state index contributed by atoms with van der Waals surface area (Å²) in [4.78, 5) is 13.9. The molecule has 1 aromatic carbocycles. The summed E-state index contributed by atoms with van der Waals surface area (Å²) in [5.41, 5.74) is 0.223. The van der Waals surface area contributed by atoms with E-state index in [4.69, 9.17) is 4.74 Å². The number of benzene rings is 1. The molecule has 1 aliphatic heterocycles. The highest BCUT2D eigenvalue weighted by atomic mass is 19.1. The van der Waals surface area contributed by atoms with Crippen molar-refractivity contribution in [2.24, 2.45) is 0 Å². The van der Waals surface area contributed by atoms with Crippen molar-refractivity contribution in [1.82, 2.24) is 4.90 Å². The summed E-state index contributed by atoms with van der Waals surface area (Å²) in [6.45, 7) is 2.98. The molecular weight excluding hydrogens is 273 g/mol. The number of aliphatic hydroxyl groups is 1. The van der Waals surface area contributed by atoms with Crippen LogP contribution in [0, 0.1) is 5.82 Å². The molecule has 1 amide bonds. The first kappa shape index (κ1) is 15.8. The smallest absolute Gasteiger partial charge is 0.260 e. The first-order valence-corrected chi connectivity index (χ1v) is 7.46. The topological polar surface area (TPSA) is 49.8 Å². The molecule has 0 bridgehead atoms. The average Bonchev–Trinajstić information content (AvgIpc) is 2.73. The molecule has 5 heteroatoms. The largest absolute Gasteiger partial charge is 0.484 e. The Kier molecular flexibility index (Phi) is 5.56. The van der Waals surface area contributed by atoms with E-state index in [-0.39, 0.29) is 18.1 Å². The summed E-state index contributed by atoms with van der Waals surface area (Å²) in [7, 11) is 0. The maximum absolute atomic E-state index is 13.7. The summed E-state index contributed by atoms with van der Waals surface area (Å²) < 4.78 is 19.1. The fraction of sp³-hybridized carbons (Fsp3) is 0.562. The second-order valence-corrected chi connectivity index (χ2v) is 5.44. The van der Waals surface area contributed by atoms with Crippen LogP contribution in [0.3, 0.4) is 0 Å². The number of ether oxygens (including phenoxy) is 1. The first-order valence-electron chi connectivity index (χ1n) is 7.46. The second-order valence-electron chi connectivity index (χ2n) is 5.44. The second kappa shape index (κ2) is 7.41. The van der Waals surface area contributed by atoms with Gasteiger partial charge in [-0.05, 0) is 31.9 Å². The van der Waals surface area contributed by atoms with Gasteiger partial charge in [0.25, 0.3) is 5.91 Å². The van der Waals surface area contributed by atoms with Crippen LogP contribution in [0.2, 0.25) is 0 Å². The van der Waals surface area contributed by atoms with Gasteiger partial charge in [-0.15, -0.1) is 0 Å². The number of aliphatic hydroxyl groups excluding tert-OH is 1. The molecule has 0 radical (unpaired) electrons. The molecule has 1 aromatic rings. The Hall–Kier alpha value is -1.62. The van der Waals surface area contributed by atoms with Crippen LogP contribution < -0.4 is 4.74 Å². The Labute approximate surface area is 124 Å². The van der Waals surface area contributed by atoms with Gasteiger partial charge in [-0.1, -0.05) is 12.8 Å². The molecule has 0 aromatic heterocycles. The van der Waals surface area contributed by atoms with Gasteiger partial charge < -0.3 is 14.7 Å². The van der Waals surface area contributed by atoms with E-state index in [0.717, 1.165) is 38.8 Å². The van der Waals surface area contributed by atoms with Gasteiger partial charge in [-0.2, -0.15) is 0 Å². The highest BCUT2D eigenvalue weighted by molar-refractivity contribution is 5.77. The third-order valence-electron chi connectivity index (χ3n) is 3.74. The van der Waals surface area contributed by atoms with Crippen molar-refractivity contribution in [3.05, 3.63) is 29.6 Å². The fourth-order valence-corrected chi connectivity index (χ4v) is 2.49. The predicted molar refractivity (Wildman–Crippen MR) is 77.6 cm³/mol. The molecule has 1 N–H and O–H groups in total. The van der Waals surface area contributed by atoms with E-state index in [2.05, 4.69) is 0 Å². The molecule has 1 heterocycles. The van der Waals surface area contributed by atoms with Crippen molar-refractivity contribution in [1.29, 1.82) is 0 Å². The molecule has 21 heavy (non-hydrogen) atoms. The van der Waals surface area contributed by atoms with Crippen LogP contribution in [0.5, 0.6) is 5.75 Å². The third kappa shape index (κ3) is 4.43. The summed E-state index contributed by atoms with van der Waals surface area (Å²) in [6.07, 6.45) is 3.53. The maximum Gasteiger partial charge on any atom is 0.260 e. The quantitative estimate of drug-likeness (QED) is 0.929. The Balaban J connectivity index is 1.90. The zero-order chi connectivity index (χ0) is 15.2. The number of rotatable bonds is 4. The highest BCUT2D eigenvalue weighted by Gasteiger charge is 2.16. The van der Waals surface area contributed by atoms with Crippen molar-refractivity contribution in [2.45, 2.75) is 38.7 Å². The number of hydrogen-bond donors (Lipinski definition) is 1. The molecule has 0 spiro atoms. The number of halogens is 1. The summed E-state index contributed by atoms with van der Waals surface area (Å²) in [5, 5.41) is 9.37. The number of amides is 1. The molecule has 0 aliphatic carbocycles. The molecule has 2 rings (SSSR count). The van der Waals surface area contributed by atoms with Gasteiger partial charge in [0.1, 0.15) is 11.6 Å². The van der Waals surface area contributed by atoms with E-state index in [1.165, 1.54) is 19.1 Å². The van der Waals surface area contributed by atoms with E-state index in [0.29, 0.717) is 5.75 Å². The summed E-state index contributed by atoms with van der Waals surface area (Å²) in [6, 6.07) is 4.25. The van der Waals surface area contributed by atoms with E-state index < -0.39 is 11.9 Å². The van der Waals surface area contributed by atoms with Gasteiger partial charge in [0, 0.05) is 24.7 Å². The van der Waals surface area contributed by atoms with Gasteiger partial charge in [-0.25, -0.2) is 4.39 Å². The highest BCUT2D eigenvalue weighted by Crippen LogP contribution is 2.21. The SMILES string of the molecule is CC(O)c1ccc(OCC(=O)N2CCCCCC2)cc1F. The number of carbonyl (C=O) groups excluding carboxylic acids is 1. The molecule has 1 atom stereocenters. The van der Waals surface area contributed by atoms with Crippen molar-refractivity contribution >= 4 is 5.91 Å². The number of carbonyl (C=O) groups is 1. The summed E-state index contributed by atoms with van der Waals surface area (Å²) >= 11 is 0. The van der Waals surface area contributed by atoms with Crippen LogP contribution in [0.25, 0.3) is 0 Å². The minimum absolute atomic E-state index is 0.0584. The predicted octanol–water partition coefficient (Wildman–Crippen LogP) is 2.66. The van der Waals surface area contributed by atoms with Crippen LogP contribution in [0.15, 0.2) is 18.2 Å². The zero-order valence-electron chi connectivity index (χ0n) is 12.3. The lowest BCUT2D eigenvalue weighted by Gasteiger charge is -2.20. The molecule has 1 aliphatic rings. The Morgan fingerprint density at radius 3 is 2.57 bits per heavy atom. The average molecular weight is 295 g/mol. The minimum Gasteiger partial charge on any atom is -0.484 e. The normalized spacial score (nSPS) is 17.2. The lowest BCUT2D eigenvalue weighted by molar-refractivity contribution is -0.133. The van der Waals surface area contributed by atoms with Crippen LogP contribution in [-0.4, -0.2) is 35.6 Å².